The summed E-state index contributed by atoms with van der Waals surface area (Å²) in [5, 5.41) is 14.4. The Morgan fingerprint density at radius 1 is 0.966 bits per heavy atom. The van der Waals surface area contributed by atoms with E-state index >= 15 is 0 Å². The first kappa shape index (κ1) is 19.6. The first-order chi connectivity index (χ1) is 14.1. The molecule has 146 valence electrons. The van der Waals surface area contributed by atoms with Crippen molar-refractivity contribution in [2.24, 2.45) is 0 Å². The second-order valence-electron chi connectivity index (χ2n) is 6.78. The fraction of sp³-hybridized carbons (Fsp3) is 0.130. The number of rotatable bonds is 6. The van der Waals surface area contributed by atoms with Gasteiger partial charge in [0.25, 0.3) is 5.56 Å². The molecular weight excluding hydrogens is 477 g/mol. The van der Waals surface area contributed by atoms with Gasteiger partial charge in [-0.2, -0.15) is 0 Å². The molecule has 0 aliphatic rings. The molecule has 0 spiro atoms. The van der Waals surface area contributed by atoms with Gasteiger partial charge in [-0.15, -0.1) is 0 Å². The van der Waals surface area contributed by atoms with Crippen LogP contribution in [-0.4, -0.2) is 27.3 Å². The molecule has 0 saturated heterocycles. The number of nitrogens with one attached hydrogen (secondary N) is 1. The van der Waals surface area contributed by atoms with Crippen LogP contribution in [0.2, 0.25) is 0 Å². The summed E-state index contributed by atoms with van der Waals surface area (Å²) >= 11 is 2.25. The number of fused-ring (bicyclic) bond motifs is 1. The molecule has 3 aromatic carbocycles. The first-order valence-electron chi connectivity index (χ1n) is 9.34. The second kappa shape index (κ2) is 8.75. The maximum absolute atomic E-state index is 13.2. The predicted octanol–water partition coefficient (Wildman–Crippen LogP) is 4.14. The van der Waals surface area contributed by atoms with E-state index in [4.69, 9.17) is 4.98 Å². The summed E-state index contributed by atoms with van der Waals surface area (Å²) < 4.78 is 2.72. The molecule has 4 aromatic rings. The molecule has 0 bridgehead atoms. The van der Waals surface area contributed by atoms with Gasteiger partial charge in [-0.25, -0.2) is 4.98 Å². The van der Waals surface area contributed by atoms with Crippen molar-refractivity contribution in [3.05, 3.63) is 92.8 Å². The zero-order chi connectivity index (χ0) is 20.2. The number of aliphatic hydroxyl groups excluding tert-OH is 1. The molecule has 1 unspecified atom stereocenters. The van der Waals surface area contributed by atoms with Crippen molar-refractivity contribution in [3.8, 4) is 11.4 Å². The third kappa shape index (κ3) is 4.49. The largest absolute Gasteiger partial charge is 0.389 e. The summed E-state index contributed by atoms with van der Waals surface area (Å²) in [6.45, 7) is 0.479. The van der Waals surface area contributed by atoms with Crippen molar-refractivity contribution in [2.45, 2.75) is 12.6 Å². The van der Waals surface area contributed by atoms with Crippen molar-refractivity contribution < 1.29 is 5.11 Å². The van der Waals surface area contributed by atoms with E-state index in [1.54, 1.807) is 10.6 Å². The number of aliphatic hydroxyl groups is 1. The van der Waals surface area contributed by atoms with E-state index in [-0.39, 0.29) is 12.1 Å². The summed E-state index contributed by atoms with van der Waals surface area (Å²) in [7, 11) is 0. The lowest BCUT2D eigenvalue weighted by Crippen LogP contribution is -2.32. The van der Waals surface area contributed by atoms with Crippen molar-refractivity contribution in [2.75, 3.05) is 11.9 Å². The molecule has 1 atom stereocenters. The maximum atomic E-state index is 13.2. The topological polar surface area (TPSA) is 67.2 Å². The number of anilines is 1. The van der Waals surface area contributed by atoms with Crippen molar-refractivity contribution >= 4 is 39.2 Å². The molecule has 29 heavy (non-hydrogen) atoms. The maximum Gasteiger partial charge on any atom is 0.261 e. The molecule has 2 N–H and O–H groups in total. The highest BCUT2D eigenvalue weighted by molar-refractivity contribution is 14.1. The van der Waals surface area contributed by atoms with Gasteiger partial charge in [0.15, 0.2) is 0 Å². The SMILES string of the molecule is O=c1c2ccccc2nc(-c2ccccc2)n1CC(O)CNc1ccc(I)cc1. The molecule has 0 aliphatic carbocycles. The van der Waals surface area contributed by atoms with Gasteiger partial charge in [-0.1, -0.05) is 42.5 Å². The molecular formula is C23H20IN3O2. The van der Waals surface area contributed by atoms with Gasteiger partial charge < -0.3 is 10.4 Å². The summed E-state index contributed by atoms with van der Waals surface area (Å²) in [6, 6.07) is 24.8. The van der Waals surface area contributed by atoms with Crippen LogP contribution >= 0.6 is 22.6 Å². The minimum absolute atomic E-state index is 0.150. The van der Waals surface area contributed by atoms with Gasteiger partial charge in [-0.05, 0) is 59.0 Å². The van der Waals surface area contributed by atoms with Crippen LogP contribution < -0.4 is 10.9 Å². The summed E-state index contributed by atoms with van der Waals surface area (Å²) in [4.78, 5) is 17.9. The van der Waals surface area contributed by atoms with E-state index in [1.807, 2.05) is 72.8 Å². The van der Waals surface area contributed by atoms with Gasteiger partial charge in [0.05, 0.1) is 23.6 Å². The van der Waals surface area contributed by atoms with Crippen LogP contribution in [0.1, 0.15) is 0 Å². The molecule has 1 aromatic heterocycles. The van der Waals surface area contributed by atoms with E-state index in [0.29, 0.717) is 23.3 Å². The number of hydrogen-bond donors (Lipinski definition) is 2. The highest BCUT2D eigenvalue weighted by Gasteiger charge is 2.15. The Kier molecular flexibility index (Phi) is 5.92. The van der Waals surface area contributed by atoms with E-state index in [1.165, 1.54) is 0 Å². The van der Waals surface area contributed by atoms with Crippen molar-refractivity contribution in [1.29, 1.82) is 0 Å². The molecule has 1 heterocycles. The fourth-order valence-electron chi connectivity index (χ4n) is 3.22. The molecule has 0 fully saturated rings. The molecule has 4 rings (SSSR count). The number of halogens is 1. The van der Waals surface area contributed by atoms with Crippen LogP contribution in [-0.2, 0) is 6.54 Å². The standard InChI is InChI=1S/C23H20IN3O2/c24-17-10-12-18(13-11-17)25-14-19(28)15-27-22(16-6-2-1-3-7-16)26-21-9-5-4-8-20(21)23(27)29/h1-13,19,25,28H,14-15H2. The van der Waals surface area contributed by atoms with Crippen LogP contribution in [0.4, 0.5) is 5.69 Å². The fourth-order valence-corrected chi connectivity index (χ4v) is 3.58. The van der Waals surface area contributed by atoms with Crippen LogP contribution in [0.5, 0.6) is 0 Å². The first-order valence-corrected chi connectivity index (χ1v) is 10.4. The van der Waals surface area contributed by atoms with Gasteiger partial charge in [0.1, 0.15) is 5.82 Å². The highest BCUT2D eigenvalue weighted by Crippen LogP contribution is 2.19. The van der Waals surface area contributed by atoms with Crippen LogP contribution in [0.15, 0.2) is 83.7 Å². The molecule has 0 saturated carbocycles. The molecule has 5 nitrogen and oxygen atoms in total. The zero-order valence-corrected chi connectivity index (χ0v) is 17.8. The van der Waals surface area contributed by atoms with Crippen molar-refractivity contribution in [1.82, 2.24) is 9.55 Å². The Labute approximate surface area is 182 Å². The number of benzene rings is 3. The summed E-state index contributed by atoms with van der Waals surface area (Å²) in [5.41, 5.74) is 2.27. The van der Waals surface area contributed by atoms with Gasteiger partial charge in [0, 0.05) is 21.4 Å². The monoisotopic (exact) mass is 497 g/mol. The Bertz CT molecular complexity index is 1170. The molecule has 0 amide bonds. The average molecular weight is 497 g/mol. The highest BCUT2D eigenvalue weighted by atomic mass is 127. The zero-order valence-electron chi connectivity index (χ0n) is 15.6. The minimum atomic E-state index is -0.752. The van der Waals surface area contributed by atoms with Gasteiger partial charge >= 0.3 is 0 Å². The average Bonchev–Trinajstić information content (AvgIpc) is 2.76. The van der Waals surface area contributed by atoms with Gasteiger partial charge in [0.2, 0.25) is 0 Å². The Hall–Kier alpha value is -2.71. The number of nitrogens with zero attached hydrogens (tertiary/aromatic N) is 2. The van der Waals surface area contributed by atoms with Crippen LogP contribution in [0, 0.1) is 3.57 Å². The molecule has 6 heteroatoms. The minimum Gasteiger partial charge on any atom is -0.389 e. The molecule has 0 radical (unpaired) electrons. The van der Waals surface area contributed by atoms with E-state index in [2.05, 4.69) is 27.9 Å². The van der Waals surface area contributed by atoms with E-state index < -0.39 is 6.10 Å². The number of aromatic nitrogens is 2. The summed E-state index contributed by atoms with van der Waals surface area (Å²) in [5.74, 6) is 0.558. The molecule has 0 aliphatic heterocycles. The lowest BCUT2D eigenvalue weighted by atomic mass is 10.1. The van der Waals surface area contributed by atoms with Gasteiger partial charge in [-0.3, -0.25) is 9.36 Å². The van der Waals surface area contributed by atoms with Crippen LogP contribution in [0.3, 0.4) is 0 Å². The Morgan fingerprint density at radius 3 is 2.41 bits per heavy atom. The number of para-hydroxylation sites is 1. The van der Waals surface area contributed by atoms with Crippen molar-refractivity contribution in [3.63, 3.8) is 0 Å². The lowest BCUT2D eigenvalue weighted by Gasteiger charge is -2.18. The van der Waals surface area contributed by atoms with E-state index in [0.717, 1.165) is 14.8 Å². The van der Waals surface area contributed by atoms with E-state index in [9.17, 15) is 9.90 Å². The second-order valence-corrected chi connectivity index (χ2v) is 8.02. The lowest BCUT2D eigenvalue weighted by molar-refractivity contribution is 0.165. The normalized spacial score (nSPS) is 12.1. The third-order valence-corrected chi connectivity index (χ3v) is 5.39. The Balaban J connectivity index is 1.65. The smallest absolute Gasteiger partial charge is 0.261 e. The van der Waals surface area contributed by atoms with Crippen LogP contribution in [0.25, 0.3) is 22.3 Å². The summed E-state index contributed by atoms with van der Waals surface area (Å²) in [6.07, 6.45) is -0.752. The quantitative estimate of drug-likeness (QED) is 0.393. The Morgan fingerprint density at radius 2 is 1.66 bits per heavy atom. The predicted molar refractivity (Wildman–Crippen MR) is 125 cm³/mol. The number of hydrogen-bond acceptors (Lipinski definition) is 4. The third-order valence-electron chi connectivity index (χ3n) is 4.67.